The quantitative estimate of drug-likeness (QED) is 0.580. The molecule has 0 atom stereocenters. The third kappa shape index (κ3) is 1.26. The summed E-state index contributed by atoms with van der Waals surface area (Å²) in [7, 11) is 0. The van der Waals surface area contributed by atoms with Crippen molar-refractivity contribution in [2.24, 2.45) is 0 Å². The second kappa shape index (κ2) is 3.86. The van der Waals surface area contributed by atoms with Gasteiger partial charge in [0.1, 0.15) is 0 Å². The van der Waals surface area contributed by atoms with E-state index in [0.29, 0.717) is 0 Å². The van der Waals surface area contributed by atoms with Crippen LogP contribution in [0.25, 0.3) is 20.2 Å². The molecule has 0 spiro atoms. The van der Waals surface area contributed by atoms with Crippen molar-refractivity contribution in [3.63, 3.8) is 0 Å². The zero-order valence-corrected chi connectivity index (χ0v) is 11.2. The maximum Gasteiger partial charge on any atom is 0.0384 e. The fraction of sp³-hybridized carbons (Fsp3) is 0.286. The Labute approximate surface area is 104 Å². The van der Waals surface area contributed by atoms with Crippen molar-refractivity contribution in [1.82, 2.24) is 0 Å². The molecule has 2 aromatic heterocycles. The van der Waals surface area contributed by atoms with E-state index < -0.39 is 0 Å². The van der Waals surface area contributed by atoms with Crippen LogP contribution in [-0.4, -0.2) is 0 Å². The molecule has 0 fully saturated rings. The van der Waals surface area contributed by atoms with Crippen LogP contribution in [0.15, 0.2) is 22.9 Å². The zero-order valence-electron chi connectivity index (χ0n) is 9.54. The summed E-state index contributed by atoms with van der Waals surface area (Å²) in [5.41, 5.74) is 3.08. The fourth-order valence-corrected chi connectivity index (χ4v) is 4.62. The molecule has 0 N–H and O–H groups in total. The minimum atomic E-state index is 1.13. The monoisotopic (exact) mass is 246 g/mol. The Kier molecular flexibility index (Phi) is 2.49. The van der Waals surface area contributed by atoms with Gasteiger partial charge in [-0.05, 0) is 57.6 Å². The molecular weight excluding hydrogens is 232 g/mol. The van der Waals surface area contributed by atoms with Crippen LogP contribution in [0.2, 0.25) is 0 Å². The summed E-state index contributed by atoms with van der Waals surface area (Å²) >= 11 is 3.78. The highest BCUT2D eigenvalue weighted by atomic mass is 32.1. The van der Waals surface area contributed by atoms with Gasteiger partial charge in [0.05, 0.1) is 0 Å². The van der Waals surface area contributed by atoms with Gasteiger partial charge in [0.2, 0.25) is 0 Å². The summed E-state index contributed by atoms with van der Waals surface area (Å²) in [4.78, 5) is 0. The number of hydrogen-bond acceptors (Lipinski definition) is 2. The molecule has 0 radical (unpaired) electrons. The lowest BCUT2D eigenvalue weighted by atomic mass is 10.00. The summed E-state index contributed by atoms with van der Waals surface area (Å²) < 4.78 is 3.01. The van der Waals surface area contributed by atoms with Crippen LogP contribution in [0.3, 0.4) is 0 Å². The smallest absolute Gasteiger partial charge is 0.0384 e. The molecule has 0 aliphatic heterocycles. The highest BCUT2D eigenvalue weighted by Crippen LogP contribution is 2.38. The van der Waals surface area contributed by atoms with Crippen LogP contribution >= 0.6 is 22.7 Å². The Bertz CT molecular complexity index is 538. The number of benzene rings is 1. The number of hydrogen-bond donors (Lipinski definition) is 0. The summed E-state index contributed by atoms with van der Waals surface area (Å²) in [6.07, 6.45) is 2.27. The Morgan fingerprint density at radius 2 is 1.25 bits per heavy atom. The van der Waals surface area contributed by atoms with Crippen molar-refractivity contribution >= 4 is 42.8 Å². The van der Waals surface area contributed by atoms with Crippen LogP contribution in [0.5, 0.6) is 0 Å². The molecule has 0 aliphatic rings. The van der Waals surface area contributed by atoms with Gasteiger partial charge in [0.25, 0.3) is 0 Å². The maximum absolute atomic E-state index is 2.29. The second-order valence-corrected chi connectivity index (χ2v) is 5.82. The lowest BCUT2D eigenvalue weighted by Crippen LogP contribution is -1.88. The maximum atomic E-state index is 2.29. The van der Waals surface area contributed by atoms with Crippen molar-refractivity contribution in [1.29, 1.82) is 0 Å². The van der Waals surface area contributed by atoms with Gasteiger partial charge in [-0.15, -0.1) is 22.7 Å². The highest BCUT2D eigenvalue weighted by molar-refractivity contribution is 7.19. The van der Waals surface area contributed by atoms with Crippen LogP contribution in [0.4, 0.5) is 0 Å². The van der Waals surface area contributed by atoms with E-state index in [1.54, 1.807) is 11.1 Å². The molecule has 2 heteroatoms. The molecule has 0 saturated heterocycles. The average molecular weight is 246 g/mol. The summed E-state index contributed by atoms with van der Waals surface area (Å²) in [6, 6.07) is 4.58. The fourth-order valence-electron chi connectivity index (χ4n) is 2.51. The van der Waals surface area contributed by atoms with Gasteiger partial charge in [-0.25, -0.2) is 0 Å². The molecule has 0 bridgehead atoms. The molecule has 0 nitrogen and oxygen atoms in total. The molecular formula is C14H14S2. The lowest BCUT2D eigenvalue weighted by Gasteiger charge is -2.08. The first kappa shape index (κ1) is 10.3. The Balaban J connectivity index is 2.59. The van der Waals surface area contributed by atoms with Gasteiger partial charge >= 0.3 is 0 Å². The molecule has 0 saturated carbocycles. The predicted molar refractivity (Wildman–Crippen MR) is 76.0 cm³/mol. The Morgan fingerprint density at radius 1 is 0.812 bits per heavy atom. The molecule has 3 rings (SSSR count). The van der Waals surface area contributed by atoms with Crippen LogP contribution in [-0.2, 0) is 12.8 Å². The third-order valence-electron chi connectivity index (χ3n) is 3.24. The molecule has 0 unspecified atom stereocenters. The van der Waals surface area contributed by atoms with E-state index in [2.05, 4.69) is 36.7 Å². The second-order valence-electron chi connectivity index (χ2n) is 3.99. The number of aryl methyl sites for hydroxylation is 2. The molecule has 16 heavy (non-hydrogen) atoms. The number of thiophene rings is 2. The minimum absolute atomic E-state index is 1.13. The van der Waals surface area contributed by atoms with E-state index in [-0.39, 0.29) is 0 Å². The highest BCUT2D eigenvalue weighted by Gasteiger charge is 2.13. The first-order valence-corrected chi connectivity index (χ1v) is 7.50. The van der Waals surface area contributed by atoms with Crippen LogP contribution < -0.4 is 0 Å². The molecule has 1 aromatic carbocycles. The normalized spacial score (nSPS) is 11.6. The van der Waals surface area contributed by atoms with E-state index in [0.717, 1.165) is 12.8 Å². The van der Waals surface area contributed by atoms with Gasteiger partial charge in [0.15, 0.2) is 0 Å². The predicted octanol–water partition coefficient (Wildman–Crippen LogP) is 5.24. The van der Waals surface area contributed by atoms with Crippen molar-refractivity contribution in [2.45, 2.75) is 26.7 Å². The van der Waals surface area contributed by atoms with Gasteiger partial charge in [0, 0.05) is 9.40 Å². The van der Waals surface area contributed by atoms with Crippen LogP contribution in [0, 0.1) is 0 Å². The van der Waals surface area contributed by atoms with Crippen molar-refractivity contribution < 1.29 is 0 Å². The zero-order chi connectivity index (χ0) is 11.1. The summed E-state index contributed by atoms with van der Waals surface area (Å²) in [5.74, 6) is 0. The molecule has 2 heterocycles. The molecule has 3 aromatic rings. The summed E-state index contributed by atoms with van der Waals surface area (Å²) in [6.45, 7) is 4.52. The largest absolute Gasteiger partial charge is 0.143 e. The van der Waals surface area contributed by atoms with Crippen LogP contribution in [0.1, 0.15) is 25.0 Å². The van der Waals surface area contributed by atoms with Gasteiger partial charge in [-0.1, -0.05) is 13.8 Å². The average Bonchev–Trinajstić information content (AvgIpc) is 2.93. The van der Waals surface area contributed by atoms with Gasteiger partial charge in [-0.3, -0.25) is 0 Å². The number of rotatable bonds is 2. The Hall–Kier alpha value is -0.860. The van der Waals surface area contributed by atoms with Crippen molar-refractivity contribution in [3.8, 4) is 0 Å². The molecule has 0 aliphatic carbocycles. The molecule has 0 amide bonds. The summed E-state index contributed by atoms with van der Waals surface area (Å²) in [5, 5.41) is 7.43. The van der Waals surface area contributed by atoms with E-state index in [9.17, 15) is 0 Å². The van der Waals surface area contributed by atoms with E-state index in [4.69, 9.17) is 0 Å². The van der Waals surface area contributed by atoms with Crippen molar-refractivity contribution in [2.75, 3.05) is 0 Å². The van der Waals surface area contributed by atoms with E-state index in [1.807, 2.05) is 22.7 Å². The third-order valence-corrected chi connectivity index (χ3v) is 5.18. The minimum Gasteiger partial charge on any atom is -0.143 e. The SMILES string of the molecule is CCc1c2ccsc2c(CC)c2ccsc12. The number of fused-ring (bicyclic) bond motifs is 2. The standard InChI is InChI=1S/C14H14S2/c1-3-9-11-5-7-16-14(11)10(4-2)12-6-8-15-13(9)12/h5-8H,3-4H2,1-2H3. The van der Waals surface area contributed by atoms with Gasteiger partial charge in [-0.2, -0.15) is 0 Å². The van der Waals surface area contributed by atoms with E-state index in [1.165, 1.54) is 20.2 Å². The lowest BCUT2D eigenvalue weighted by molar-refractivity contribution is 1.16. The first-order valence-electron chi connectivity index (χ1n) is 5.74. The van der Waals surface area contributed by atoms with Crippen molar-refractivity contribution in [3.05, 3.63) is 34.0 Å². The van der Waals surface area contributed by atoms with E-state index >= 15 is 0 Å². The first-order chi connectivity index (χ1) is 7.86. The van der Waals surface area contributed by atoms with Gasteiger partial charge < -0.3 is 0 Å². The topological polar surface area (TPSA) is 0 Å². The molecule has 82 valence electrons. The Morgan fingerprint density at radius 3 is 1.62 bits per heavy atom.